The third-order valence-electron chi connectivity index (χ3n) is 4.80. The predicted molar refractivity (Wildman–Crippen MR) is 110 cm³/mol. The van der Waals surface area contributed by atoms with E-state index < -0.39 is 5.91 Å². The summed E-state index contributed by atoms with van der Waals surface area (Å²) in [5, 5.41) is 5.62. The molecule has 2 amide bonds. The van der Waals surface area contributed by atoms with Gasteiger partial charge in [-0.25, -0.2) is 0 Å². The number of ketones is 1. The van der Waals surface area contributed by atoms with E-state index >= 15 is 0 Å². The quantitative estimate of drug-likeness (QED) is 0.754. The van der Waals surface area contributed by atoms with Crippen molar-refractivity contribution in [1.29, 1.82) is 0 Å². The summed E-state index contributed by atoms with van der Waals surface area (Å²) in [7, 11) is 1.49. The van der Waals surface area contributed by atoms with Crippen molar-refractivity contribution in [3.05, 3.63) is 40.8 Å². The number of hydrogen-bond acceptors (Lipinski definition) is 5. The molecule has 1 aromatic heterocycles. The highest BCUT2D eigenvalue weighted by molar-refractivity contribution is 6.14. The maximum Gasteiger partial charge on any atom is 0.259 e. The molecule has 1 aliphatic rings. The first-order chi connectivity index (χ1) is 13.8. The minimum absolute atomic E-state index is 0.0611. The average Bonchev–Trinajstić information content (AvgIpc) is 2.99. The lowest BCUT2D eigenvalue weighted by Crippen LogP contribution is -2.19. The number of furan rings is 1. The SMILES string of the molecule is COc1cc(NC(=O)c2c(C)oc3c2C(=O)CCC3)ccc1NC(=O)CC(C)C. The molecule has 0 atom stereocenters. The van der Waals surface area contributed by atoms with Gasteiger partial charge in [-0.05, 0) is 31.4 Å². The van der Waals surface area contributed by atoms with Crippen LogP contribution in [0.15, 0.2) is 22.6 Å². The first kappa shape index (κ1) is 20.6. The standard InChI is InChI=1S/C22H26N2O5/c1-12(2)10-19(26)24-15-9-8-14(11-18(15)28-4)23-22(27)20-13(3)29-17-7-5-6-16(25)21(17)20/h8-9,11-12H,5-7,10H2,1-4H3,(H,23,27)(H,24,26). The number of benzene rings is 1. The Bertz CT molecular complexity index is 958. The lowest BCUT2D eigenvalue weighted by Gasteiger charge is -2.14. The second-order valence-electron chi connectivity index (χ2n) is 7.62. The van der Waals surface area contributed by atoms with Crippen LogP contribution in [-0.2, 0) is 11.2 Å². The van der Waals surface area contributed by atoms with Crippen LogP contribution in [0.3, 0.4) is 0 Å². The molecule has 2 aromatic rings. The van der Waals surface area contributed by atoms with Gasteiger partial charge in [0.25, 0.3) is 5.91 Å². The van der Waals surface area contributed by atoms with Crippen molar-refractivity contribution < 1.29 is 23.5 Å². The normalized spacial score (nSPS) is 13.2. The van der Waals surface area contributed by atoms with Crippen LogP contribution in [0.5, 0.6) is 5.75 Å². The van der Waals surface area contributed by atoms with Gasteiger partial charge < -0.3 is 19.8 Å². The number of ether oxygens (including phenoxy) is 1. The minimum atomic E-state index is -0.401. The Morgan fingerprint density at radius 3 is 2.66 bits per heavy atom. The van der Waals surface area contributed by atoms with E-state index in [4.69, 9.17) is 9.15 Å². The first-order valence-corrected chi connectivity index (χ1v) is 9.74. The molecule has 0 bridgehead atoms. The van der Waals surface area contributed by atoms with Gasteiger partial charge in [0.1, 0.15) is 17.3 Å². The lowest BCUT2D eigenvalue weighted by molar-refractivity contribution is -0.116. The Balaban J connectivity index is 1.81. The van der Waals surface area contributed by atoms with Crippen LogP contribution in [0, 0.1) is 12.8 Å². The Morgan fingerprint density at radius 2 is 1.97 bits per heavy atom. The van der Waals surface area contributed by atoms with Crippen LogP contribution in [0.25, 0.3) is 0 Å². The van der Waals surface area contributed by atoms with Crippen LogP contribution >= 0.6 is 0 Å². The highest BCUT2D eigenvalue weighted by Gasteiger charge is 2.30. The monoisotopic (exact) mass is 398 g/mol. The molecule has 1 aromatic carbocycles. The zero-order chi connectivity index (χ0) is 21.1. The molecule has 7 nitrogen and oxygen atoms in total. The highest BCUT2D eigenvalue weighted by Crippen LogP contribution is 2.32. The molecule has 0 radical (unpaired) electrons. The van der Waals surface area contributed by atoms with Gasteiger partial charge in [-0.2, -0.15) is 0 Å². The van der Waals surface area contributed by atoms with E-state index in [-0.39, 0.29) is 23.2 Å². The highest BCUT2D eigenvalue weighted by atomic mass is 16.5. The van der Waals surface area contributed by atoms with Crippen LogP contribution in [-0.4, -0.2) is 24.7 Å². The Morgan fingerprint density at radius 1 is 1.21 bits per heavy atom. The molecule has 154 valence electrons. The van der Waals surface area contributed by atoms with Gasteiger partial charge >= 0.3 is 0 Å². The van der Waals surface area contributed by atoms with Crippen molar-refractivity contribution in [3.8, 4) is 5.75 Å². The summed E-state index contributed by atoms with van der Waals surface area (Å²) in [5.74, 6) is 1.13. The van der Waals surface area contributed by atoms with Crippen LogP contribution in [0.2, 0.25) is 0 Å². The molecule has 0 fully saturated rings. The van der Waals surface area contributed by atoms with Gasteiger partial charge in [0.2, 0.25) is 5.91 Å². The molecule has 0 saturated carbocycles. The summed E-state index contributed by atoms with van der Waals surface area (Å²) < 4.78 is 11.0. The van der Waals surface area contributed by atoms with Crippen molar-refractivity contribution in [3.63, 3.8) is 0 Å². The number of anilines is 2. The van der Waals surface area contributed by atoms with E-state index in [0.717, 1.165) is 6.42 Å². The molecular weight excluding hydrogens is 372 g/mol. The summed E-state index contributed by atoms with van der Waals surface area (Å²) in [4.78, 5) is 37.2. The number of carbonyl (C=O) groups excluding carboxylic acids is 3. The van der Waals surface area contributed by atoms with E-state index in [1.54, 1.807) is 25.1 Å². The van der Waals surface area contributed by atoms with Crippen molar-refractivity contribution in [1.82, 2.24) is 0 Å². The lowest BCUT2D eigenvalue weighted by atomic mass is 9.93. The van der Waals surface area contributed by atoms with E-state index in [9.17, 15) is 14.4 Å². The van der Waals surface area contributed by atoms with Crippen molar-refractivity contribution in [2.75, 3.05) is 17.7 Å². The van der Waals surface area contributed by atoms with Crippen LogP contribution in [0.1, 0.15) is 65.3 Å². The maximum atomic E-state index is 12.9. The molecule has 0 unspecified atom stereocenters. The zero-order valence-corrected chi connectivity index (χ0v) is 17.2. The number of hydrogen-bond donors (Lipinski definition) is 2. The fourth-order valence-corrected chi connectivity index (χ4v) is 3.52. The summed E-state index contributed by atoms with van der Waals surface area (Å²) in [5.41, 5.74) is 1.71. The van der Waals surface area contributed by atoms with Gasteiger partial charge in [-0.1, -0.05) is 13.8 Å². The first-order valence-electron chi connectivity index (χ1n) is 9.74. The van der Waals surface area contributed by atoms with Crippen molar-refractivity contribution >= 4 is 29.0 Å². The number of nitrogens with one attached hydrogen (secondary N) is 2. The van der Waals surface area contributed by atoms with Gasteiger partial charge in [0.15, 0.2) is 5.78 Å². The number of fused-ring (bicyclic) bond motifs is 1. The van der Waals surface area contributed by atoms with E-state index in [0.29, 0.717) is 53.5 Å². The molecule has 29 heavy (non-hydrogen) atoms. The Labute approximate surface area is 169 Å². The summed E-state index contributed by atoms with van der Waals surface area (Å²) in [6.45, 7) is 5.63. The molecule has 1 aliphatic carbocycles. The summed E-state index contributed by atoms with van der Waals surface area (Å²) in [6.07, 6.45) is 2.22. The average molecular weight is 398 g/mol. The summed E-state index contributed by atoms with van der Waals surface area (Å²) in [6, 6.07) is 4.98. The third kappa shape index (κ3) is 4.50. The molecule has 7 heteroatoms. The molecule has 2 N–H and O–H groups in total. The van der Waals surface area contributed by atoms with Gasteiger partial charge in [0, 0.05) is 31.0 Å². The van der Waals surface area contributed by atoms with Gasteiger partial charge in [-0.15, -0.1) is 0 Å². The van der Waals surface area contributed by atoms with Crippen molar-refractivity contribution in [2.45, 2.75) is 46.5 Å². The Kier molecular flexibility index (Phi) is 6.06. The third-order valence-corrected chi connectivity index (χ3v) is 4.80. The van der Waals surface area contributed by atoms with Crippen LogP contribution < -0.4 is 15.4 Å². The molecule has 0 spiro atoms. The fourth-order valence-electron chi connectivity index (χ4n) is 3.52. The second kappa shape index (κ2) is 8.51. The van der Waals surface area contributed by atoms with E-state index in [1.807, 2.05) is 13.8 Å². The molecule has 3 rings (SSSR count). The number of methoxy groups -OCH3 is 1. The molecule has 0 aliphatic heterocycles. The topological polar surface area (TPSA) is 97.6 Å². The number of Topliss-reactive ketones (excluding diaryl/α,β-unsaturated/α-hetero) is 1. The van der Waals surface area contributed by atoms with Crippen LogP contribution in [0.4, 0.5) is 11.4 Å². The van der Waals surface area contributed by atoms with E-state index in [2.05, 4.69) is 10.6 Å². The molecular formula is C22H26N2O5. The largest absolute Gasteiger partial charge is 0.494 e. The van der Waals surface area contributed by atoms with Gasteiger partial charge in [0.05, 0.1) is 23.9 Å². The number of amides is 2. The number of rotatable bonds is 6. The van der Waals surface area contributed by atoms with Crippen molar-refractivity contribution in [2.24, 2.45) is 5.92 Å². The predicted octanol–water partition coefficient (Wildman–Crippen LogP) is 4.35. The maximum absolute atomic E-state index is 12.9. The zero-order valence-electron chi connectivity index (χ0n) is 17.2. The number of aryl methyl sites for hydroxylation is 2. The fraction of sp³-hybridized carbons (Fsp3) is 0.409. The Hall–Kier alpha value is -3.09. The van der Waals surface area contributed by atoms with E-state index in [1.165, 1.54) is 7.11 Å². The number of carbonyl (C=O) groups is 3. The van der Waals surface area contributed by atoms with Gasteiger partial charge in [-0.3, -0.25) is 14.4 Å². The molecule has 0 saturated heterocycles. The smallest absolute Gasteiger partial charge is 0.259 e. The summed E-state index contributed by atoms with van der Waals surface area (Å²) >= 11 is 0. The minimum Gasteiger partial charge on any atom is -0.494 e. The molecule has 1 heterocycles. The second-order valence-corrected chi connectivity index (χ2v) is 7.62.